The van der Waals surface area contributed by atoms with Crippen LogP contribution in [0, 0.1) is 10.1 Å². The van der Waals surface area contributed by atoms with E-state index < -0.39 is 4.92 Å². The number of methoxy groups -OCH3 is 1. The molecule has 1 aliphatic heterocycles. The molecule has 1 saturated heterocycles. The molecule has 3 rings (SSSR count). The number of amides is 1. The second-order valence-electron chi connectivity index (χ2n) is 5.06. The van der Waals surface area contributed by atoms with Crippen molar-refractivity contribution < 1.29 is 14.5 Å². The molecule has 1 amide bonds. The van der Waals surface area contributed by atoms with Crippen molar-refractivity contribution in [3.63, 3.8) is 0 Å². The van der Waals surface area contributed by atoms with Crippen LogP contribution in [0.2, 0.25) is 0 Å². The van der Waals surface area contributed by atoms with Gasteiger partial charge in [0.2, 0.25) is 0 Å². The summed E-state index contributed by atoms with van der Waals surface area (Å²) in [6, 6.07) is 13.0. The van der Waals surface area contributed by atoms with E-state index in [2.05, 4.69) is 0 Å². The van der Waals surface area contributed by atoms with Crippen molar-refractivity contribution in [2.45, 2.75) is 0 Å². The third-order valence-electron chi connectivity index (χ3n) is 3.53. The summed E-state index contributed by atoms with van der Waals surface area (Å²) in [7, 11) is 1.57. The van der Waals surface area contributed by atoms with Gasteiger partial charge in [0.1, 0.15) is 5.75 Å². The summed E-state index contributed by atoms with van der Waals surface area (Å²) in [4.78, 5) is 24.8. The highest BCUT2D eigenvalue weighted by Crippen LogP contribution is 2.36. The third kappa shape index (κ3) is 3.54. The van der Waals surface area contributed by atoms with Crippen LogP contribution < -0.4 is 9.64 Å². The number of ether oxygens (including phenoxy) is 1. The summed E-state index contributed by atoms with van der Waals surface area (Å²) in [5.74, 6) is 0.467. The quantitative estimate of drug-likeness (QED) is 0.349. The number of nitro groups is 1. The molecule has 0 unspecified atom stereocenters. The molecule has 0 atom stereocenters. The number of hydrogen-bond acceptors (Lipinski definition) is 6. The Morgan fingerprint density at radius 3 is 2.36 bits per heavy atom. The Labute approximate surface area is 153 Å². The Kier molecular flexibility index (Phi) is 4.82. The number of carbonyl (C=O) groups excluding carboxylic acids is 1. The van der Waals surface area contributed by atoms with E-state index in [1.807, 2.05) is 0 Å². The topological polar surface area (TPSA) is 72.7 Å². The first kappa shape index (κ1) is 17.1. The van der Waals surface area contributed by atoms with Crippen LogP contribution in [0.5, 0.6) is 5.75 Å². The first-order valence-corrected chi connectivity index (χ1v) is 8.38. The summed E-state index contributed by atoms with van der Waals surface area (Å²) in [6.07, 6.45) is 1.67. The van der Waals surface area contributed by atoms with Crippen molar-refractivity contribution in [3.8, 4) is 5.75 Å². The molecule has 2 aromatic rings. The maximum Gasteiger partial charge on any atom is 0.270 e. The van der Waals surface area contributed by atoms with Gasteiger partial charge < -0.3 is 4.74 Å². The number of rotatable bonds is 4. The Hall–Kier alpha value is -2.71. The van der Waals surface area contributed by atoms with Gasteiger partial charge in [-0.2, -0.15) is 0 Å². The SMILES string of the molecule is COc1ccc(N2C(=O)C(=Cc3ccc([N+](=O)[O-])cc3)SC2=S)cc1. The molecule has 1 aliphatic rings. The standard InChI is InChI=1S/C17H12N2O4S2/c1-23-14-8-6-12(7-9-14)18-16(20)15(25-17(18)24)10-11-2-4-13(5-3-11)19(21)22/h2-10H,1H3. The lowest BCUT2D eigenvalue weighted by Gasteiger charge is -2.14. The fourth-order valence-electron chi connectivity index (χ4n) is 2.27. The fraction of sp³-hybridized carbons (Fsp3) is 0.0588. The van der Waals surface area contributed by atoms with Crippen LogP contribution in [-0.4, -0.2) is 22.3 Å². The van der Waals surface area contributed by atoms with Gasteiger partial charge in [0.05, 0.1) is 22.6 Å². The molecular weight excluding hydrogens is 360 g/mol. The average molecular weight is 372 g/mol. The van der Waals surface area contributed by atoms with Crippen molar-refractivity contribution >= 4 is 51.7 Å². The molecule has 0 bridgehead atoms. The smallest absolute Gasteiger partial charge is 0.270 e. The zero-order valence-electron chi connectivity index (χ0n) is 13.0. The Bertz CT molecular complexity index is 877. The molecule has 126 valence electrons. The van der Waals surface area contributed by atoms with Crippen molar-refractivity contribution in [1.82, 2.24) is 0 Å². The minimum atomic E-state index is -0.465. The molecule has 2 aromatic carbocycles. The van der Waals surface area contributed by atoms with Gasteiger partial charge in [0.15, 0.2) is 4.32 Å². The van der Waals surface area contributed by atoms with Gasteiger partial charge in [-0.15, -0.1) is 0 Å². The minimum absolute atomic E-state index is 0.00271. The zero-order valence-corrected chi connectivity index (χ0v) is 14.7. The zero-order chi connectivity index (χ0) is 18.0. The van der Waals surface area contributed by atoms with Crippen molar-refractivity contribution in [3.05, 3.63) is 69.1 Å². The Balaban J connectivity index is 1.85. The molecule has 0 aromatic heterocycles. The van der Waals surface area contributed by atoms with Crippen LogP contribution in [0.4, 0.5) is 11.4 Å². The number of hydrogen-bond donors (Lipinski definition) is 0. The van der Waals surface area contributed by atoms with E-state index >= 15 is 0 Å². The number of non-ortho nitro benzene ring substituents is 1. The van der Waals surface area contributed by atoms with Crippen LogP contribution in [0.3, 0.4) is 0 Å². The predicted molar refractivity (Wildman–Crippen MR) is 102 cm³/mol. The van der Waals surface area contributed by atoms with Gasteiger partial charge in [0, 0.05) is 12.1 Å². The van der Waals surface area contributed by atoms with Crippen LogP contribution in [-0.2, 0) is 4.79 Å². The van der Waals surface area contributed by atoms with E-state index in [4.69, 9.17) is 17.0 Å². The van der Waals surface area contributed by atoms with Gasteiger partial charge in [0.25, 0.3) is 11.6 Å². The van der Waals surface area contributed by atoms with Crippen LogP contribution in [0.15, 0.2) is 53.4 Å². The molecule has 25 heavy (non-hydrogen) atoms. The highest BCUT2D eigenvalue weighted by Gasteiger charge is 2.33. The number of carbonyl (C=O) groups is 1. The maximum atomic E-state index is 12.7. The molecule has 0 aliphatic carbocycles. The van der Waals surface area contributed by atoms with Gasteiger partial charge >= 0.3 is 0 Å². The molecule has 0 spiro atoms. The largest absolute Gasteiger partial charge is 0.497 e. The van der Waals surface area contributed by atoms with Crippen LogP contribution >= 0.6 is 24.0 Å². The number of thiocarbonyl (C=S) groups is 1. The van der Waals surface area contributed by atoms with Gasteiger partial charge in [-0.05, 0) is 48.0 Å². The molecule has 1 fully saturated rings. The minimum Gasteiger partial charge on any atom is -0.497 e. The Morgan fingerprint density at radius 2 is 1.80 bits per heavy atom. The molecule has 6 nitrogen and oxygen atoms in total. The summed E-state index contributed by atoms with van der Waals surface area (Å²) in [5.41, 5.74) is 1.36. The maximum absolute atomic E-state index is 12.7. The molecule has 0 saturated carbocycles. The molecule has 8 heteroatoms. The number of thioether (sulfide) groups is 1. The van der Waals surface area contributed by atoms with Crippen molar-refractivity contribution in [1.29, 1.82) is 0 Å². The van der Waals surface area contributed by atoms with Crippen molar-refractivity contribution in [2.24, 2.45) is 0 Å². The van der Waals surface area contributed by atoms with Gasteiger partial charge in [-0.3, -0.25) is 19.8 Å². The number of nitrogens with zero attached hydrogens (tertiary/aromatic N) is 2. The first-order chi connectivity index (χ1) is 12.0. The molecule has 1 heterocycles. The lowest BCUT2D eigenvalue weighted by molar-refractivity contribution is -0.384. The number of nitro benzene ring substituents is 1. The third-order valence-corrected chi connectivity index (χ3v) is 4.83. The lowest BCUT2D eigenvalue weighted by Crippen LogP contribution is -2.27. The summed E-state index contributed by atoms with van der Waals surface area (Å²) < 4.78 is 5.54. The van der Waals surface area contributed by atoms with E-state index in [1.54, 1.807) is 49.6 Å². The van der Waals surface area contributed by atoms with Crippen LogP contribution in [0.1, 0.15) is 5.56 Å². The van der Waals surface area contributed by atoms with E-state index in [0.29, 0.717) is 26.2 Å². The predicted octanol–water partition coefficient (Wildman–Crippen LogP) is 4.01. The summed E-state index contributed by atoms with van der Waals surface area (Å²) >= 11 is 6.51. The van der Waals surface area contributed by atoms with E-state index in [-0.39, 0.29) is 11.6 Å². The lowest BCUT2D eigenvalue weighted by atomic mass is 10.2. The normalized spacial score (nSPS) is 15.7. The molecule has 0 N–H and O–H groups in total. The Morgan fingerprint density at radius 1 is 1.16 bits per heavy atom. The second-order valence-corrected chi connectivity index (χ2v) is 6.74. The van der Waals surface area contributed by atoms with Gasteiger partial charge in [-0.1, -0.05) is 24.0 Å². The highest BCUT2D eigenvalue weighted by atomic mass is 32.2. The first-order valence-electron chi connectivity index (χ1n) is 7.16. The van der Waals surface area contributed by atoms with Gasteiger partial charge in [-0.25, -0.2) is 0 Å². The summed E-state index contributed by atoms with van der Waals surface area (Å²) in [6.45, 7) is 0. The fourth-order valence-corrected chi connectivity index (χ4v) is 3.56. The summed E-state index contributed by atoms with van der Waals surface area (Å²) in [5, 5.41) is 10.7. The van der Waals surface area contributed by atoms with Crippen molar-refractivity contribution in [2.75, 3.05) is 12.0 Å². The second kappa shape index (κ2) is 7.04. The van der Waals surface area contributed by atoms with Crippen LogP contribution in [0.25, 0.3) is 6.08 Å². The van der Waals surface area contributed by atoms with E-state index in [0.717, 1.165) is 0 Å². The monoisotopic (exact) mass is 372 g/mol. The number of benzene rings is 2. The van der Waals surface area contributed by atoms with E-state index in [1.165, 1.54) is 28.8 Å². The number of anilines is 1. The van der Waals surface area contributed by atoms with E-state index in [9.17, 15) is 14.9 Å². The average Bonchev–Trinajstić information content (AvgIpc) is 2.89. The molecule has 0 radical (unpaired) electrons. The molecular formula is C17H12N2O4S2. The highest BCUT2D eigenvalue weighted by molar-refractivity contribution is 8.27.